The van der Waals surface area contributed by atoms with Crippen molar-refractivity contribution in [3.8, 4) is 11.5 Å². The van der Waals surface area contributed by atoms with Gasteiger partial charge in [0.15, 0.2) is 9.84 Å². The fraction of sp³-hybridized carbons (Fsp3) is 0.238. The van der Waals surface area contributed by atoms with Gasteiger partial charge >= 0.3 is 0 Å². The summed E-state index contributed by atoms with van der Waals surface area (Å²) in [6.07, 6.45) is 0. The van der Waals surface area contributed by atoms with Gasteiger partial charge in [-0.2, -0.15) is 0 Å². The highest BCUT2D eigenvalue weighted by Crippen LogP contribution is 2.23. The van der Waals surface area contributed by atoms with E-state index in [1.54, 1.807) is 6.92 Å². The highest BCUT2D eigenvalue weighted by molar-refractivity contribution is 9.10. The molecule has 3 rings (SSSR count). The summed E-state index contributed by atoms with van der Waals surface area (Å²) in [5.74, 6) is -0.707. The predicted octanol–water partition coefficient (Wildman–Crippen LogP) is 3.95. The number of aromatic nitrogens is 1. The van der Waals surface area contributed by atoms with E-state index in [0.717, 1.165) is 21.2 Å². The van der Waals surface area contributed by atoms with Crippen LogP contribution >= 0.6 is 15.9 Å². The highest BCUT2D eigenvalue weighted by Gasteiger charge is 2.22. The van der Waals surface area contributed by atoms with Crippen molar-refractivity contribution in [2.24, 2.45) is 0 Å². The Morgan fingerprint density at radius 2 is 1.86 bits per heavy atom. The van der Waals surface area contributed by atoms with Crippen LogP contribution in [0.2, 0.25) is 0 Å². The molecule has 1 N–H and O–H groups in total. The fourth-order valence-corrected chi connectivity index (χ4v) is 4.47. The zero-order valence-corrected chi connectivity index (χ0v) is 18.5. The number of carbonyl (C=O) groups is 1. The molecule has 0 bridgehead atoms. The quantitative estimate of drug-likeness (QED) is 0.557. The molecule has 0 spiro atoms. The van der Waals surface area contributed by atoms with E-state index in [1.165, 1.54) is 0 Å². The normalized spacial score (nSPS) is 11.4. The van der Waals surface area contributed by atoms with Gasteiger partial charge < -0.3 is 9.73 Å². The molecule has 3 aromatic rings. The number of aryl methyl sites for hydroxylation is 2. The fourth-order valence-electron chi connectivity index (χ4n) is 2.74. The molecule has 6 nitrogen and oxygen atoms in total. The molecule has 2 aromatic carbocycles. The van der Waals surface area contributed by atoms with Crippen LogP contribution in [-0.4, -0.2) is 25.1 Å². The lowest BCUT2D eigenvalue weighted by molar-refractivity contribution is -0.118. The van der Waals surface area contributed by atoms with E-state index in [2.05, 4.69) is 26.2 Å². The molecular weight excluding hydrogens is 456 g/mol. The van der Waals surface area contributed by atoms with Crippen molar-refractivity contribution in [3.05, 3.63) is 75.6 Å². The first kappa shape index (κ1) is 21.3. The van der Waals surface area contributed by atoms with Crippen molar-refractivity contribution in [2.75, 3.05) is 5.75 Å². The van der Waals surface area contributed by atoms with Crippen LogP contribution in [0, 0.1) is 13.8 Å². The summed E-state index contributed by atoms with van der Waals surface area (Å²) in [6, 6.07) is 15.0. The SMILES string of the molecule is Cc1ccc(-c2nc(CS(=O)(=O)CC(=O)NCc3cccc(Br)c3)c(C)o2)cc1. The van der Waals surface area contributed by atoms with Crippen molar-refractivity contribution < 1.29 is 17.6 Å². The number of nitrogens with zero attached hydrogens (tertiary/aromatic N) is 1. The maximum absolute atomic E-state index is 12.5. The third-order valence-electron chi connectivity index (χ3n) is 4.28. The van der Waals surface area contributed by atoms with Gasteiger partial charge in [0.05, 0.1) is 11.4 Å². The number of carbonyl (C=O) groups excluding carboxylic acids is 1. The van der Waals surface area contributed by atoms with Gasteiger partial charge in [-0.25, -0.2) is 13.4 Å². The van der Waals surface area contributed by atoms with Crippen LogP contribution in [0.25, 0.3) is 11.5 Å². The molecular formula is C21H21BrN2O4S. The summed E-state index contributed by atoms with van der Waals surface area (Å²) in [7, 11) is -3.69. The first-order chi connectivity index (χ1) is 13.7. The van der Waals surface area contributed by atoms with Crippen LogP contribution in [-0.2, 0) is 26.9 Å². The van der Waals surface area contributed by atoms with Crippen LogP contribution in [0.1, 0.15) is 22.6 Å². The number of hydrogen-bond acceptors (Lipinski definition) is 5. The Bertz CT molecular complexity index is 1120. The summed E-state index contributed by atoms with van der Waals surface area (Å²) >= 11 is 3.36. The minimum Gasteiger partial charge on any atom is -0.441 e. The van der Waals surface area contributed by atoms with Crippen LogP contribution in [0.15, 0.2) is 57.4 Å². The minimum absolute atomic E-state index is 0.258. The number of benzene rings is 2. The molecule has 0 saturated heterocycles. The Labute approximate surface area is 178 Å². The second kappa shape index (κ2) is 8.92. The molecule has 0 atom stereocenters. The second-order valence-electron chi connectivity index (χ2n) is 6.83. The lowest BCUT2D eigenvalue weighted by Crippen LogP contribution is -2.30. The predicted molar refractivity (Wildman–Crippen MR) is 115 cm³/mol. The van der Waals surface area contributed by atoms with Gasteiger partial charge in [0.25, 0.3) is 0 Å². The van der Waals surface area contributed by atoms with Crippen molar-refractivity contribution in [3.63, 3.8) is 0 Å². The molecule has 0 fully saturated rings. The van der Waals surface area contributed by atoms with Gasteiger partial charge in [-0.3, -0.25) is 4.79 Å². The van der Waals surface area contributed by atoms with Gasteiger partial charge in [0, 0.05) is 16.6 Å². The number of nitrogens with one attached hydrogen (secondary N) is 1. The summed E-state index contributed by atoms with van der Waals surface area (Å²) in [5.41, 5.74) is 3.07. The largest absolute Gasteiger partial charge is 0.441 e. The summed E-state index contributed by atoms with van der Waals surface area (Å²) in [4.78, 5) is 16.4. The summed E-state index contributed by atoms with van der Waals surface area (Å²) < 4.78 is 31.5. The van der Waals surface area contributed by atoms with Gasteiger partial charge in [0.1, 0.15) is 11.5 Å². The molecule has 0 saturated carbocycles. The second-order valence-corrected chi connectivity index (χ2v) is 9.81. The first-order valence-electron chi connectivity index (χ1n) is 8.97. The Hall–Kier alpha value is -2.45. The van der Waals surface area contributed by atoms with Crippen molar-refractivity contribution in [1.82, 2.24) is 10.3 Å². The first-order valence-corrected chi connectivity index (χ1v) is 11.6. The topological polar surface area (TPSA) is 89.3 Å². The average Bonchev–Trinajstić information content (AvgIpc) is 3.00. The maximum Gasteiger partial charge on any atom is 0.235 e. The maximum atomic E-state index is 12.5. The monoisotopic (exact) mass is 476 g/mol. The van der Waals surface area contributed by atoms with E-state index in [4.69, 9.17) is 4.42 Å². The molecule has 0 aliphatic heterocycles. The molecule has 1 amide bonds. The zero-order valence-electron chi connectivity index (χ0n) is 16.1. The molecule has 0 aliphatic carbocycles. The molecule has 0 aliphatic rings. The standard InChI is InChI=1S/C21H21BrN2O4S/c1-14-6-8-17(9-7-14)21-24-19(15(2)28-21)12-29(26,27)13-20(25)23-11-16-4-3-5-18(22)10-16/h3-10H,11-13H2,1-2H3,(H,23,25). The van der Waals surface area contributed by atoms with Crippen molar-refractivity contribution in [1.29, 1.82) is 0 Å². The molecule has 0 unspecified atom stereocenters. The Balaban J connectivity index is 1.63. The molecule has 1 heterocycles. The molecule has 29 heavy (non-hydrogen) atoms. The number of oxazole rings is 1. The number of rotatable bonds is 7. The van der Waals surface area contributed by atoms with E-state index >= 15 is 0 Å². The van der Waals surface area contributed by atoms with Gasteiger partial charge in [-0.15, -0.1) is 0 Å². The van der Waals surface area contributed by atoms with E-state index < -0.39 is 21.5 Å². The zero-order chi connectivity index (χ0) is 21.0. The number of halogens is 1. The Morgan fingerprint density at radius 3 is 2.55 bits per heavy atom. The van der Waals surface area contributed by atoms with Crippen molar-refractivity contribution >= 4 is 31.7 Å². The van der Waals surface area contributed by atoms with Gasteiger partial charge in [-0.1, -0.05) is 45.8 Å². The third kappa shape index (κ3) is 6.01. The van der Waals surface area contributed by atoms with E-state index in [0.29, 0.717) is 17.3 Å². The molecule has 8 heteroatoms. The number of sulfone groups is 1. The Kier molecular flexibility index (Phi) is 6.54. The van der Waals surface area contributed by atoms with E-state index in [9.17, 15) is 13.2 Å². The Morgan fingerprint density at radius 1 is 1.14 bits per heavy atom. The number of hydrogen-bond donors (Lipinski definition) is 1. The van der Waals surface area contributed by atoms with Gasteiger partial charge in [0.2, 0.25) is 11.8 Å². The minimum atomic E-state index is -3.69. The van der Waals surface area contributed by atoms with Gasteiger partial charge in [-0.05, 0) is 43.7 Å². The smallest absolute Gasteiger partial charge is 0.235 e. The molecule has 152 valence electrons. The highest BCUT2D eigenvalue weighted by atomic mass is 79.9. The molecule has 1 aromatic heterocycles. The van der Waals surface area contributed by atoms with Crippen molar-refractivity contribution in [2.45, 2.75) is 26.1 Å². The van der Waals surface area contributed by atoms with Crippen LogP contribution in [0.4, 0.5) is 0 Å². The summed E-state index contributed by atoms with van der Waals surface area (Å²) in [6.45, 7) is 3.90. The summed E-state index contributed by atoms with van der Waals surface area (Å²) in [5, 5.41) is 2.64. The third-order valence-corrected chi connectivity index (χ3v) is 6.19. The average molecular weight is 477 g/mol. The van der Waals surface area contributed by atoms with Crippen LogP contribution in [0.5, 0.6) is 0 Å². The van der Waals surface area contributed by atoms with E-state index in [-0.39, 0.29) is 12.3 Å². The lowest BCUT2D eigenvalue weighted by Gasteiger charge is -2.06. The number of amides is 1. The van der Waals surface area contributed by atoms with Crippen LogP contribution < -0.4 is 5.32 Å². The lowest BCUT2D eigenvalue weighted by atomic mass is 10.1. The van der Waals surface area contributed by atoms with E-state index in [1.807, 2.05) is 55.5 Å². The van der Waals surface area contributed by atoms with Crippen LogP contribution in [0.3, 0.4) is 0 Å². The molecule has 0 radical (unpaired) electrons.